The summed E-state index contributed by atoms with van der Waals surface area (Å²) in [7, 11) is 0.205. The number of carbonyl (C=O) groups is 1. The lowest BCUT2D eigenvalue weighted by atomic mass is 9.85. The SMILES string of the molecule is CCCC[P+]([B-]C(/C=C/c1ccc2ccccc2c1)C(=O)OC)(CCCC)CCCC. The highest BCUT2D eigenvalue weighted by atomic mass is 31.2. The van der Waals surface area contributed by atoms with Crippen LogP contribution in [-0.2, 0) is 9.53 Å². The first-order chi connectivity index (χ1) is 15.1. The maximum absolute atomic E-state index is 12.8. The average Bonchev–Trinajstić information content (AvgIpc) is 2.81. The zero-order valence-electron chi connectivity index (χ0n) is 20.0. The number of rotatable bonds is 14. The molecular formula is C27H40BO2P. The molecule has 2 radical (unpaired) electrons. The molecule has 0 N–H and O–H groups in total. The molecule has 0 aliphatic carbocycles. The van der Waals surface area contributed by atoms with Crippen molar-refractivity contribution in [3.05, 3.63) is 54.1 Å². The zero-order chi connectivity index (χ0) is 22.5. The normalized spacial score (nSPS) is 13.0. The van der Waals surface area contributed by atoms with Crippen molar-refractivity contribution in [2.45, 2.75) is 65.1 Å². The van der Waals surface area contributed by atoms with Crippen LogP contribution in [0.4, 0.5) is 0 Å². The lowest BCUT2D eigenvalue weighted by molar-refractivity contribution is -0.139. The van der Waals surface area contributed by atoms with Crippen LogP contribution in [0.1, 0.15) is 64.9 Å². The van der Waals surface area contributed by atoms with Crippen LogP contribution >= 0.6 is 7.14 Å². The van der Waals surface area contributed by atoms with Gasteiger partial charge in [0.1, 0.15) is 0 Å². The molecule has 0 aromatic heterocycles. The summed E-state index contributed by atoms with van der Waals surface area (Å²) in [6, 6.07) is 14.8. The third-order valence-corrected chi connectivity index (χ3v) is 10.7. The third kappa shape index (κ3) is 8.11. The third-order valence-electron chi connectivity index (χ3n) is 6.09. The summed E-state index contributed by atoms with van der Waals surface area (Å²) in [5.41, 5.74) is 1.13. The number of carbonyl (C=O) groups excluding carboxylic acids is 1. The Morgan fingerprint density at radius 2 is 1.52 bits per heavy atom. The number of hydrogen-bond acceptors (Lipinski definition) is 2. The van der Waals surface area contributed by atoms with Gasteiger partial charge in [-0.2, -0.15) is 0 Å². The fraction of sp³-hybridized carbons (Fsp3) is 0.519. The molecule has 4 heteroatoms. The summed E-state index contributed by atoms with van der Waals surface area (Å²) in [5, 5.41) is 2.46. The molecule has 0 spiro atoms. The second kappa shape index (κ2) is 13.7. The number of methoxy groups -OCH3 is 1. The van der Waals surface area contributed by atoms with Crippen LogP contribution < -0.4 is 0 Å². The summed E-state index contributed by atoms with van der Waals surface area (Å²) in [5.74, 6) is -0.402. The van der Waals surface area contributed by atoms with Crippen molar-refractivity contribution in [3.63, 3.8) is 0 Å². The first-order valence-electron chi connectivity index (χ1n) is 12.0. The van der Waals surface area contributed by atoms with E-state index in [1.165, 1.54) is 74.9 Å². The Kier molecular flexibility index (Phi) is 11.4. The second-order valence-corrected chi connectivity index (χ2v) is 12.7. The molecule has 0 saturated heterocycles. The van der Waals surface area contributed by atoms with E-state index in [4.69, 9.17) is 4.74 Å². The molecule has 0 amide bonds. The van der Waals surface area contributed by atoms with E-state index in [1.807, 2.05) is 0 Å². The maximum Gasteiger partial charge on any atom is 0.274 e. The maximum atomic E-state index is 12.8. The van der Waals surface area contributed by atoms with Gasteiger partial charge in [-0.05, 0) is 41.7 Å². The van der Waals surface area contributed by atoms with E-state index in [0.29, 0.717) is 0 Å². The standard InChI is InChI=1S/C27H40BO2P/c1-5-8-19-31(20-9-6-2,21-10-7-3)28-26(27(29)30-4)18-16-23-15-17-24-13-11-12-14-25(24)22-23/h11-18,22,26H,5-10,19-21H2,1-4H3/b18-16+. The Labute approximate surface area is 191 Å². The van der Waals surface area contributed by atoms with Gasteiger partial charge in [0.15, 0.2) is 0 Å². The first-order valence-corrected chi connectivity index (χ1v) is 14.5. The molecule has 0 fully saturated rings. The minimum absolute atomic E-state index is 0.133. The number of unbranched alkanes of at least 4 members (excludes halogenated alkanes) is 3. The van der Waals surface area contributed by atoms with Crippen LogP contribution in [0.5, 0.6) is 0 Å². The van der Waals surface area contributed by atoms with Crippen LogP contribution in [0.15, 0.2) is 48.5 Å². The van der Waals surface area contributed by atoms with Crippen LogP contribution in [-0.4, -0.2) is 38.6 Å². The van der Waals surface area contributed by atoms with Gasteiger partial charge in [0, 0.05) is 18.5 Å². The van der Waals surface area contributed by atoms with Gasteiger partial charge >= 0.3 is 0 Å². The van der Waals surface area contributed by atoms with Gasteiger partial charge in [-0.3, -0.25) is 4.79 Å². The minimum atomic E-state index is -1.31. The van der Waals surface area contributed by atoms with Gasteiger partial charge in [-0.25, -0.2) is 7.14 Å². The molecule has 2 aromatic rings. The van der Waals surface area contributed by atoms with Crippen molar-refractivity contribution < 1.29 is 9.53 Å². The number of esters is 1. The number of fused-ring (bicyclic) bond motifs is 1. The smallest absolute Gasteiger partial charge is 0.274 e. The lowest BCUT2D eigenvalue weighted by Gasteiger charge is -2.42. The minimum Gasteiger partial charge on any atom is -0.471 e. The number of ether oxygens (including phenoxy) is 1. The van der Waals surface area contributed by atoms with E-state index in [-0.39, 0.29) is 11.8 Å². The Hall–Kier alpha value is -1.60. The molecule has 0 aliphatic rings. The zero-order valence-corrected chi connectivity index (χ0v) is 20.9. The molecule has 2 aromatic carbocycles. The second-order valence-electron chi connectivity index (χ2n) is 8.61. The Balaban J connectivity index is 2.29. The predicted octanol–water partition coefficient (Wildman–Crippen LogP) is 7.85. The highest BCUT2D eigenvalue weighted by Gasteiger charge is 2.28. The quantitative estimate of drug-likeness (QED) is 0.171. The van der Waals surface area contributed by atoms with Crippen molar-refractivity contribution >= 4 is 37.0 Å². The first kappa shape index (κ1) is 25.7. The highest BCUT2D eigenvalue weighted by molar-refractivity contribution is 8.00. The number of hydrogen-bond donors (Lipinski definition) is 0. The van der Waals surface area contributed by atoms with Crippen LogP contribution in [0.25, 0.3) is 16.8 Å². The summed E-state index contributed by atoms with van der Waals surface area (Å²) in [6.07, 6.45) is 15.3. The van der Waals surface area contributed by atoms with Crippen molar-refractivity contribution in [2.75, 3.05) is 25.6 Å². The van der Waals surface area contributed by atoms with Crippen molar-refractivity contribution in [1.29, 1.82) is 0 Å². The fourth-order valence-electron chi connectivity index (χ4n) is 4.17. The van der Waals surface area contributed by atoms with E-state index >= 15 is 0 Å². The molecule has 1 atom stereocenters. The van der Waals surface area contributed by atoms with E-state index in [1.54, 1.807) is 0 Å². The molecule has 0 aliphatic heterocycles. The lowest BCUT2D eigenvalue weighted by Crippen LogP contribution is -2.23. The topological polar surface area (TPSA) is 26.3 Å². The predicted molar refractivity (Wildman–Crippen MR) is 141 cm³/mol. The molecule has 2 rings (SSSR count). The summed E-state index contributed by atoms with van der Waals surface area (Å²) < 4.78 is 5.23. The Morgan fingerprint density at radius 3 is 2.06 bits per heavy atom. The van der Waals surface area contributed by atoms with E-state index < -0.39 is 7.14 Å². The van der Waals surface area contributed by atoms with Gasteiger partial charge in [-0.15, -0.1) is 6.08 Å². The summed E-state index contributed by atoms with van der Waals surface area (Å²) in [6.45, 7) is 9.25. The van der Waals surface area contributed by atoms with Crippen molar-refractivity contribution in [3.8, 4) is 0 Å². The largest absolute Gasteiger partial charge is 0.471 e. The van der Waals surface area contributed by atoms with Crippen molar-refractivity contribution in [1.82, 2.24) is 0 Å². The summed E-state index contributed by atoms with van der Waals surface area (Å²) >= 11 is 0. The van der Waals surface area contributed by atoms with Gasteiger partial charge in [0.25, 0.3) is 5.97 Å². The Morgan fingerprint density at radius 1 is 0.935 bits per heavy atom. The summed E-state index contributed by atoms with van der Waals surface area (Å²) in [4.78, 5) is 12.8. The monoisotopic (exact) mass is 438 g/mol. The molecule has 1 unspecified atom stereocenters. The van der Waals surface area contributed by atoms with Crippen LogP contribution in [0, 0.1) is 0 Å². The van der Waals surface area contributed by atoms with E-state index in [2.05, 4.69) is 82.4 Å². The van der Waals surface area contributed by atoms with Crippen molar-refractivity contribution in [2.24, 2.45) is 0 Å². The van der Waals surface area contributed by atoms with Crippen LogP contribution in [0.3, 0.4) is 0 Å². The molecule has 0 saturated carbocycles. The molecular weight excluding hydrogens is 398 g/mol. The van der Waals surface area contributed by atoms with E-state index in [0.717, 1.165) is 5.56 Å². The highest BCUT2D eigenvalue weighted by Crippen LogP contribution is 2.61. The molecule has 168 valence electrons. The van der Waals surface area contributed by atoms with Gasteiger partial charge in [0.05, 0.1) is 7.11 Å². The molecule has 0 bridgehead atoms. The Bertz CT molecular complexity index is 811. The van der Waals surface area contributed by atoms with Gasteiger partial charge < -0.3 is 4.74 Å². The average molecular weight is 438 g/mol. The molecule has 31 heavy (non-hydrogen) atoms. The fourth-order valence-corrected chi connectivity index (χ4v) is 9.03. The molecule has 0 heterocycles. The molecule has 2 nitrogen and oxygen atoms in total. The van der Waals surface area contributed by atoms with Gasteiger partial charge in [0.2, 0.25) is 0 Å². The van der Waals surface area contributed by atoms with E-state index in [9.17, 15) is 4.79 Å². The van der Waals surface area contributed by atoms with Gasteiger partial charge in [-0.1, -0.05) is 95.3 Å². The number of benzene rings is 2. The van der Waals surface area contributed by atoms with Crippen LogP contribution in [0.2, 0.25) is 5.82 Å².